The fourth-order valence-corrected chi connectivity index (χ4v) is 3.14. The molecule has 0 aliphatic carbocycles. The summed E-state index contributed by atoms with van der Waals surface area (Å²) in [4.78, 5) is 22.6. The number of carbonyl (C=O) groups is 1. The van der Waals surface area contributed by atoms with Crippen LogP contribution in [0.5, 0.6) is 0 Å². The second-order valence-corrected chi connectivity index (χ2v) is 5.80. The van der Waals surface area contributed by atoms with Crippen LogP contribution < -0.4 is 4.90 Å². The largest absolute Gasteiger partial charge is 0.465 e. The van der Waals surface area contributed by atoms with Gasteiger partial charge < -0.3 is 9.64 Å². The molecule has 2 bridgehead atoms. The molecule has 1 aromatic rings. The fraction of sp³-hybridized carbons (Fsp3) is 0.643. The molecule has 3 saturated heterocycles. The van der Waals surface area contributed by atoms with Crippen molar-refractivity contribution in [2.24, 2.45) is 0 Å². The minimum atomic E-state index is -4.42. The van der Waals surface area contributed by atoms with E-state index >= 15 is 0 Å². The number of fused-ring (bicyclic) bond motifs is 2. The van der Waals surface area contributed by atoms with Crippen LogP contribution in [0, 0.1) is 0 Å². The number of ether oxygens (including phenoxy) is 1. The Labute approximate surface area is 131 Å². The highest BCUT2D eigenvalue weighted by Crippen LogP contribution is 2.34. The van der Waals surface area contributed by atoms with Gasteiger partial charge in [-0.25, -0.2) is 9.97 Å². The van der Waals surface area contributed by atoms with Crippen LogP contribution in [-0.2, 0) is 15.7 Å². The maximum atomic E-state index is 12.5. The Morgan fingerprint density at radius 2 is 1.91 bits per heavy atom. The molecule has 23 heavy (non-hydrogen) atoms. The van der Waals surface area contributed by atoms with Crippen LogP contribution in [0.3, 0.4) is 0 Å². The van der Waals surface area contributed by atoms with E-state index < -0.39 is 11.7 Å². The van der Waals surface area contributed by atoms with Gasteiger partial charge in [0, 0.05) is 51.0 Å². The summed E-state index contributed by atoms with van der Waals surface area (Å²) < 4.78 is 42.5. The van der Waals surface area contributed by atoms with Crippen molar-refractivity contribution in [3.63, 3.8) is 0 Å². The average Bonchev–Trinajstić information content (AvgIpc) is 2.50. The Morgan fingerprint density at radius 3 is 2.43 bits per heavy atom. The maximum absolute atomic E-state index is 12.5. The predicted molar refractivity (Wildman–Crippen MR) is 74.8 cm³/mol. The summed E-state index contributed by atoms with van der Waals surface area (Å²) in [7, 11) is 0. The van der Waals surface area contributed by atoms with Crippen LogP contribution in [-0.4, -0.2) is 59.2 Å². The summed E-state index contributed by atoms with van der Waals surface area (Å²) in [6.07, 6.45) is -1.74. The number of esters is 1. The zero-order chi connectivity index (χ0) is 16.6. The summed E-state index contributed by atoms with van der Waals surface area (Å²) in [5, 5.41) is 0. The van der Waals surface area contributed by atoms with Gasteiger partial charge in [0.2, 0.25) is 5.95 Å². The van der Waals surface area contributed by atoms with E-state index in [2.05, 4.69) is 14.9 Å². The fourth-order valence-electron chi connectivity index (χ4n) is 3.14. The Morgan fingerprint density at radius 1 is 1.30 bits per heavy atom. The number of nitrogens with zero attached hydrogens (tertiary/aromatic N) is 4. The van der Waals surface area contributed by atoms with Gasteiger partial charge in [-0.2, -0.15) is 13.2 Å². The van der Waals surface area contributed by atoms with Crippen molar-refractivity contribution in [2.45, 2.75) is 31.6 Å². The molecule has 0 spiro atoms. The van der Waals surface area contributed by atoms with Crippen molar-refractivity contribution in [3.05, 3.63) is 18.0 Å². The van der Waals surface area contributed by atoms with E-state index in [9.17, 15) is 18.0 Å². The van der Waals surface area contributed by atoms with Crippen LogP contribution in [0.1, 0.15) is 18.9 Å². The highest BCUT2D eigenvalue weighted by Gasteiger charge is 2.45. The van der Waals surface area contributed by atoms with Crippen LogP contribution in [0.4, 0.5) is 19.1 Å². The van der Waals surface area contributed by atoms with Gasteiger partial charge in [0.1, 0.15) is 6.61 Å². The topological polar surface area (TPSA) is 58.6 Å². The van der Waals surface area contributed by atoms with Gasteiger partial charge in [-0.15, -0.1) is 0 Å². The molecule has 2 atom stereocenters. The molecule has 1 aromatic heterocycles. The van der Waals surface area contributed by atoms with E-state index in [-0.39, 0.29) is 5.97 Å². The molecule has 0 saturated carbocycles. The first-order valence-electron chi connectivity index (χ1n) is 7.38. The number of alkyl halides is 3. The highest BCUT2D eigenvalue weighted by molar-refractivity contribution is 5.65. The van der Waals surface area contributed by atoms with Gasteiger partial charge in [0.25, 0.3) is 0 Å². The van der Waals surface area contributed by atoms with Gasteiger partial charge in [-0.3, -0.25) is 9.69 Å². The summed E-state index contributed by atoms with van der Waals surface area (Å²) >= 11 is 0. The highest BCUT2D eigenvalue weighted by atomic mass is 19.4. The van der Waals surface area contributed by atoms with Crippen molar-refractivity contribution in [1.29, 1.82) is 0 Å². The van der Waals surface area contributed by atoms with Crippen molar-refractivity contribution in [3.8, 4) is 0 Å². The van der Waals surface area contributed by atoms with Gasteiger partial charge in [0.15, 0.2) is 0 Å². The molecule has 0 radical (unpaired) electrons. The standard InChI is InChI=1S/C14H17F3N4O2/c1-9(22)23-3-2-21-11-4-12(21)8-20(7-11)13-18-5-10(6-19-13)14(15,16)17/h5-6,11-12H,2-4,7-8H2,1H3. The average molecular weight is 330 g/mol. The molecule has 2 unspecified atom stereocenters. The van der Waals surface area contributed by atoms with E-state index in [1.807, 2.05) is 4.90 Å². The first-order valence-corrected chi connectivity index (χ1v) is 7.38. The Kier molecular flexibility index (Phi) is 4.13. The van der Waals surface area contributed by atoms with Crippen LogP contribution >= 0.6 is 0 Å². The van der Waals surface area contributed by atoms with Crippen LogP contribution in [0.25, 0.3) is 0 Å². The van der Waals surface area contributed by atoms with Crippen molar-refractivity contribution in [1.82, 2.24) is 14.9 Å². The summed E-state index contributed by atoms with van der Waals surface area (Å²) in [5.41, 5.74) is -0.841. The maximum Gasteiger partial charge on any atom is 0.419 e. The minimum Gasteiger partial charge on any atom is -0.465 e. The molecule has 126 valence electrons. The summed E-state index contributed by atoms with van der Waals surface area (Å²) in [6.45, 7) is 3.75. The monoisotopic (exact) mass is 330 g/mol. The van der Waals surface area contributed by atoms with E-state index in [0.717, 1.165) is 18.8 Å². The van der Waals surface area contributed by atoms with Crippen molar-refractivity contribution < 1.29 is 22.7 Å². The smallest absolute Gasteiger partial charge is 0.419 e. The van der Waals surface area contributed by atoms with E-state index in [4.69, 9.17) is 4.74 Å². The third-order valence-electron chi connectivity index (χ3n) is 4.25. The van der Waals surface area contributed by atoms with Gasteiger partial charge in [-0.05, 0) is 6.42 Å². The van der Waals surface area contributed by atoms with Gasteiger partial charge >= 0.3 is 12.1 Å². The number of rotatable bonds is 4. The number of aromatic nitrogens is 2. The van der Waals surface area contributed by atoms with Gasteiger partial charge in [-0.1, -0.05) is 0 Å². The van der Waals surface area contributed by atoms with Crippen LogP contribution in [0.2, 0.25) is 0 Å². The lowest BCUT2D eigenvalue weighted by Gasteiger charge is -2.56. The number of halogens is 3. The quantitative estimate of drug-likeness (QED) is 0.776. The second kappa shape index (κ2) is 5.95. The van der Waals surface area contributed by atoms with Crippen molar-refractivity contribution >= 4 is 11.9 Å². The van der Waals surface area contributed by atoms with Crippen LogP contribution in [0.15, 0.2) is 12.4 Å². The molecule has 4 heterocycles. The van der Waals surface area contributed by atoms with E-state index in [1.165, 1.54) is 6.92 Å². The molecule has 4 rings (SSSR count). The Hall–Kier alpha value is -1.90. The minimum absolute atomic E-state index is 0.296. The SMILES string of the molecule is CC(=O)OCCN1C2CC1CN(c1ncc(C(F)(F)F)cn1)C2. The molecule has 0 N–H and O–H groups in total. The van der Waals surface area contributed by atoms with E-state index in [1.54, 1.807) is 0 Å². The molecule has 9 heteroatoms. The molecule has 3 aliphatic rings. The third kappa shape index (κ3) is 3.39. The molecule has 3 aliphatic heterocycles. The molecule has 6 nitrogen and oxygen atoms in total. The number of hydrogen-bond acceptors (Lipinski definition) is 6. The number of carbonyl (C=O) groups excluding carboxylic acids is 1. The first-order chi connectivity index (χ1) is 10.8. The zero-order valence-corrected chi connectivity index (χ0v) is 12.6. The zero-order valence-electron chi connectivity index (χ0n) is 12.6. The molecule has 3 fully saturated rings. The van der Waals surface area contributed by atoms with Crippen molar-refractivity contribution in [2.75, 3.05) is 31.1 Å². The molecular formula is C14H17F3N4O2. The lowest BCUT2D eigenvalue weighted by Crippen LogP contribution is -2.69. The number of piperazine rings is 1. The number of anilines is 1. The summed E-state index contributed by atoms with van der Waals surface area (Å²) in [6, 6.07) is 0.602. The molecular weight excluding hydrogens is 313 g/mol. The second-order valence-electron chi connectivity index (χ2n) is 5.80. The normalized spacial score (nSPS) is 24.3. The first kappa shape index (κ1) is 16.0. The number of piperidine rings is 1. The Balaban J connectivity index is 1.56. The predicted octanol–water partition coefficient (Wildman–Crippen LogP) is 1.32. The van der Waals surface area contributed by atoms with Gasteiger partial charge in [0.05, 0.1) is 5.56 Å². The number of hydrogen-bond donors (Lipinski definition) is 0. The molecule has 0 aromatic carbocycles. The Bertz CT molecular complexity index is 566. The lowest BCUT2D eigenvalue weighted by molar-refractivity contribution is -0.142. The summed E-state index contributed by atoms with van der Waals surface area (Å²) in [5.74, 6) is 0.0304. The third-order valence-corrected chi connectivity index (χ3v) is 4.25. The lowest BCUT2D eigenvalue weighted by atomic mass is 9.87. The van der Waals surface area contributed by atoms with E-state index in [0.29, 0.717) is 44.3 Å². The molecule has 0 amide bonds.